The summed E-state index contributed by atoms with van der Waals surface area (Å²) in [5.41, 5.74) is 0.693. The van der Waals surface area contributed by atoms with E-state index in [1.165, 1.54) is 16.7 Å². The van der Waals surface area contributed by atoms with E-state index >= 15 is 0 Å². The third-order valence-electron chi connectivity index (χ3n) is 9.03. The highest BCUT2D eigenvalue weighted by molar-refractivity contribution is 7.98. The number of hydrogen-bond acceptors (Lipinski definition) is 9. The van der Waals surface area contributed by atoms with Gasteiger partial charge in [0.25, 0.3) is 0 Å². The van der Waals surface area contributed by atoms with Gasteiger partial charge in [-0.3, -0.25) is 24.0 Å². The molecule has 0 bridgehead atoms. The summed E-state index contributed by atoms with van der Waals surface area (Å²) in [6.45, 7) is 8.57. The van der Waals surface area contributed by atoms with E-state index in [1.54, 1.807) is 57.2 Å². The molecule has 1 fully saturated rings. The molecule has 5 unspecified atom stereocenters. The lowest BCUT2D eigenvalue weighted by Gasteiger charge is -2.31. The largest absolute Gasteiger partial charge is 0.480 e. The van der Waals surface area contributed by atoms with Crippen LogP contribution in [-0.4, -0.2) is 113 Å². The predicted octanol–water partition coefficient (Wildman–Crippen LogP) is 2.81. The Morgan fingerprint density at radius 1 is 0.807 bits per heavy atom. The van der Waals surface area contributed by atoms with Gasteiger partial charge in [0.15, 0.2) is 0 Å². The zero-order chi connectivity index (χ0) is 42.1. The Morgan fingerprint density at radius 2 is 1.37 bits per heavy atom. The van der Waals surface area contributed by atoms with Gasteiger partial charge in [0.1, 0.15) is 42.4 Å². The van der Waals surface area contributed by atoms with E-state index in [1.807, 2.05) is 44.4 Å². The van der Waals surface area contributed by atoms with Crippen LogP contribution in [-0.2, 0) is 46.3 Å². The number of rotatable bonds is 20. The lowest BCUT2D eigenvalue weighted by Crippen LogP contribution is -2.59. The fourth-order valence-electron chi connectivity index (χ4n) is 6.33. The summed E-state index contributed by atoms with van der Waals surface area (Å²) in [5, 5.41) is 23.0. The first-order valence-electron chi connectivity index (χ1n) is 19.2. The van der Waals surface area contributed by atoms with Gasteiger partial charge in [0.05, 0.1) is 0 Å². The van der Waals surface area contributed by atoms with Gasteiger partial charge in [-0.1, -0.05) is 74.5 Å². The number of carboxylic acids is 1. The molecule has 16 heteroatoms. The quantitative estimate of drug-likeness (QED) is 0.115. The van der Waals surface area contributed by atoms with Crippen molar-refractivity contribution in [3.05, 3.63) is 71.8 Å². The summed E-state index contributed by atoms with van der Waals surface area (Å²) in [6.07, 6.45) is 2.43. The van der Waals surface area contributed by atoms with Crippen LogP contribution >= 0.6 is 11.8 Å². The zero-order valence-corrected chi connectivity index (χ0v) is 34.5. The summed E-state index contributed by atoms with van der Waals surface area (Å²) in [6, 6.07) is 12.6. The van der Waals surface area contributed by atoms with Crippen LogP contribution in [0.2, 0.25) is 0 Å². The van der Waals surface area contributed by atoms with E-state index < -0.39 is 84.0 Å². The Balaban J connectivity index is 1.84. The van der Waals surface area contributed by atoms with Crippen LogP contribution in [0.25, 0.3) is 0 Å². The van der Waals surface area contributed by atoms with Gasteiger partial charge in [0, 0.05) is 19.4 Å². The number of aliphatic carboxylic acids is 1. The fraction of sp³-hybridized carbons (Fsp3) is 0.537. The van der Waals surface area contributed by atoms with Gasteiger partial charge in [-0.2, -0.15) is 11.8 Å². The maximum absolute atomic E-state index is 14.4. The molecule has 3 rings (SSSR count). The average Bonchev–Trinajstić information content (AvgIpc) is 3.65. The van der Waals surface area contributed by atoms with E-state index in [2.05, 4.69) is 26.6 Å². The van der Waals surface area contributed by atoms with E-state index in [9.17, 15) is 38.7 Å². The standard InChI is InChI=1S/C41H58N6O9S/c1-26(2)22-30(35(49)44-29(39(53)54)19-21-57-6)45-37(51)33-18-13-20-47(33)38(52)32(24-28-16-11-8-12-17-28)46-36(50)31(23-27-14-9-7-10-15-27)43-34(48)25-42-40(55)56-41(3,4)5/h7-12,14-17,26,29-33H,13,18-25H2,1-6H3,(H,42,55)(H,43,48)(H,44,49)(H,45,51)(H,46,50)(H,53,54). The Bertz CT molecular complexity index is 1670. The molecular formula is C41H58N6O9S. The Kier molecular flexibility index (Phi) is 18.3. The summed E-state index contributed by atoms with van der Waals surface area (Å²) < 4.78 is 5.21. The molecule has 6 N–H and O–H groups in total. The van der Waals surface area contributed by atoms with Crippen molar-refractivity contribution in [1.82, 2.24) is 31.5 Å². The SMILES string of the molecule is CSCCC(NC(=O)C(CC(C)C)NC(=O)C1CCCN1C(=O)C(Cc1ccccc1)NC(=O)C(Cc1ccccc1)NC(=O)CNC(=O)OC(C)(C)C)C(=O)O. The van der Waals surface area contributed by atoms with Crippen LogP contribution in [0.1, 0.15) is 71.4 Å². The summed E-state index contributed by atoms with van der Waals surface area (Å²) in [4.78, 5) is 94.3. The van der Waals surface area contributed by atoms with Crippen molar-refractivity contribution >= 4 is 53.4 Å². The minimum Gasteiger partial charge on any atom is -0.480 e. The third-order valence-corrected chi connectivity index (χ3v) is 9.67. The number of carboxylic acid groups (broad SMARTS) is 1. The summed E-state index contributed by atoms with van der Waals surface area (Å²) >= 11 is 1.45. The number of alkyl carbamates (subject to hydrolysis) is 1. The van der Waals surface area contributed by atoms with Crippen molar-refractivity contribution in [3.8, 4) is 0 Å². The number of nitrogens with zero attached hydrogens (tertiary/aromatic N) is 1. The molecule has 57 heavy (non-hydrogen) atoms. The van der Waals surface area contributed by atoms with E-state index in [4.69, 9.17) is 4.74 Å². The Labute approximate surface area is 339 Å². The number of nitrogens with one attached hydrogen (secondary N) is 5. The highest BCUT2D eigenvalue weighted by Gasteiger charge is 2.40. The molecule has 0 saturated carbocycles. The Hall–Kier alpha value is -5.12. The number of amides is 6. The second-order valence-electron chi connectivity index (χ2n) is 15.5. The number of thioether (sulfide) groups is 1. The molecule has 2 aromatic rings. The first kappa shape index (κ1) is 46.3. The number of carbonyl (C=O) groups is 7. The van der Waals surface area contributed by atoms with Crippen molar-refractivity contribution < 1.29 is 43.4 Å². The van der Waals surface area contributed by atoms with Gasteiger partial charge < -0.3 is 41.3 Å². The molecule has 0 spiro atoms. The third kappa shape index (κ3) is 16.1. The van der Waals surface area contributed by atoms with Gasteiger partial charge in [-0.05, 0) is 75.5 Å². The van der Waals surface area contributed by atoms with Crippen LogP contribution in [0.15, 0.2) is 60.7 Å². The molecule has 6 amide bonds. The maximum Gasteiger partial charge on any atom is 0.408 e. The van der Waals surface area contributed by atoms with Gasteiger partial charge in [-0.25, -0.2) is 9.59 Å². The first-order chi connectivity index (χ1) is 27.0. The molecule has 5 atom stereocenters. The highest BCUT2D eigenvalue weighted by Crippen LogP contribution is 2.21. The normalized spacial score (nSPS) is 16.1. The van der Waals surface area contributed by atoms with Gasteiger partial charge in [0.2, 0.25) is 29.5 Å². The number of benzene rings is 2. The number of hydrogen-bond donors (Lipinski definition) is 6. The van der Waals surface area contributed by atoms with E-state index in [0.29, 0.717) is 18.6 Å². The smallest absolute Gasteiger partial charge is 0.408 e. The number of likely N-dealkylation sites (tertiary alicyclic amines) is 1. The van der Waals surface area contributed by atoms with Crippen LogP contribution in [0.3, 0.4) is 0 Å². The van der Waals surface area contributed by atoms with E-state index in [-0.39, 0.29) is 38.1 Å². The van der Waals surface area contributed by atoms with Crippen molar-refractivity contribution in [2.75, 3.05) is 25.1 Å². The minimum atomic E-state index is -1.17. The molecule has 0 radical (unpaired) electrons. The Morgan fingerprint density at radius 3 is 1.91 bits per heavy atom. The second kappa shape index (κ2) is 22.6. The van der Waals surface area contributed by atoms with Crippen molar-refractivity contribution in [3.63, 3.8) is 0 Å². The van der Waals surface area contributed by atoms with Crippen molar-refractivity contribution in [2.24, 2.45) is 5.92 Å². The van der Waals surface area contributed by atoms with Crippen LogP contribution in [0.4, 0.5) is 4.79 Å². The lowest BCUT2D eigenvalue weighted by molar-refractivity contribution is -0.143. The van der Waals surface area contributed by atoms with Crippen molar-refractivity contribution in [2.45, 2.75) is 109 Å². The monoisotopic (exact) mass is 810 g/mol. The second-order valence-corrected chi connectivity index (χ2v) is 16.5. The summed E-state index contributed by atoms with van der Waals surface area (Å²) in [5.74, 6) is -3.69. The molecule has 2 aromatic carbocycles. The number of ether oxygens (including phenoxy) is 1. The molecule has 312 valence electrons. The lowest BCUT2D eigenvalue weighted by atomic mass is 10.0. The zero-order valence-electron chi connectivity index (χ0n) is 33.7. The van der Waals surface area contributed by atoms with Crippen LogP contribution < -0.4 is 26.6 Å². The van der Waals surface area contributed by atoms with Crippen molar-refractivity contribution in [1.29, 1.82) is 0 Å². The molecule has 1 saturated heterocycles. The molecule has 1 aliphatic heterocycles. The minimum absolute atomic E-state index is 0.0280. The van der Waals surface area contributed by atoms with Gasteiger partial charge >= 0.3 is 12.1 Å². The van der Waals surface area contributed by atoms with Crippen LogP contribution in [0, 0.1) is 5.92 Å². The highest BCUT2D eigenvalue weighted by atomic mass is 32.2. The molecule has 1 heterocycles. The fourth-order valence-corrected chi connectivity index (χ4v) is 6.80. The van der Waals surface area contributed by atoms with Gasteiger partial charge in [-0.15, -0.1) is 0 Å². The molecule has 0 aliphatic carbocycles. The topological polar surface area (TPSA) is 212 Å². The predicted molar refractivity (Wildman–Crippen MR) is 217 cm³/mol. The molecular weight excluding hydrogens is 753 g/mol. The average molecular weight is 811 g/mol. The van der Waals surface area contributed by atoms with E-state index in [0.717, 1.165) is 11.1 Å². The summed E-state index contributed by atoms with van der Waals surface area (Å²) in [7, 11) is 0. The number of carbonyl (C=O) groups excluding carboxylic acids is 6. The molecule has 0 aromatic heterocycles. The maximum atomic E-state index is 14.4. The van der Waals surface area contributed by atoms with Crippen LogP contribution in [0.5, 0.6) is 0 Å². The molecule has 15 nitrogen and oxygen atoms in total. The first-order valence-corrected chi connectivity index (χ1v) is 20.6. The molecule has 1 aliphatic rings.